The SMILES string of the molecule is CC/C=C\C/C=C\C/C=C\C/C=C\CCC(=O)OCC(COCCCCCCCC/C=C\CCCC)OC(=O)CCCCCCC. The fourth-order valence-corrected chi connectivity index (χ4v) is 4.74. The minimum atomic E-state index is -0.560. The topological polar surface area (TPSA) is 61.8 Å². The van der Waals surface area contributed by atoms with Crippen molar-refractivity contribution in [2.24, 2.45) is 0 Å². The van der Waals surface area contributed by atoms with E-state index in [4.69, 9.17) is 14.2 Å². The highest BCUT2D eigenvalue weighted by Crippen LogP contribution is 2.10. The molecule has 0 bridgehead atoms. The zero-order valence-corrected chi connectivity index (χ0v) is 30.1. The van der Waals surface area contributed by atoms with Gasteiger partial charge in [-0.1, -0.05) is 146 Å². The fraction of sp³-hybridized carbons (Fsp3) is 0.707. The van der Waals surface area contributed by atoms with E-state index in [2.05, 4.69) is 75.5 Å². The molecule has 0 radical (unpaired) electrons. The lowest BCUT2D eigenvalue weighted by Gasteiger charge is -2.18. The van der Waals surface area contributed by atoms with Crippen LogP contribution in [0, 0.1) is 0 Å². The van der Waals surface area contributed by atoms with Gasteiger partial charge in [0.15, 0.2) is 6.10 Å². The van der Waals surface area contributed by atoms with Crippen LogP contribution in [0.4, 0.5) is 0 Å². The lowest BCUT2D eigenvalue weighted by molar-refractivity contribution is -0.162. The molecule has 0 aromatic rings. The Kier molecular flexibility index (Phi) is 35.1. The van der Waals surface area contributed by atoms with E-state index in [9.17, 15) is 9.59 Å². The van der Waals surface area contributed by atoms with Gasteiger partial charge in [-0.05, 0) is 64.2 Å². The smallest absolute Gasteiger partial charge is 0.306 e. The van der Waals surface area contributed by atoms with Crippen molar-refractivity contribution in [1.82, 2.24) is 0 Å². The Hall–Kier alpha value is -2.40. The molecule has 0 aliphatic carbocycles. The van der Waals surface area contributed by atoms with E-state index in [1.165, 1.54) is 64.2 Å². The van der Waals surface area contributed by atoms with Crippen molar-refractivity contribution in [3.63, 3.8) is 0 Å². The number of carbonyl (C=O) groups excluding carboxylic acids is 2. The summed E-state index contributed by atoms with van der Waals surface area (Å²) >= 11 is 0. The number of allylic oxidation sites excluding steroid dienone is 10. The van der Waals surface area contributed by atoms with Crippen molar-refractivity contribution in [1.29, 1.82) is 0 Å². The summed E-state index contributed by atoms with van der Waals surface area (Å²) in [6.07, 6.45) is 43.9. The molecular formula is C41H70O5. The summed E-state index contributed by atoms with van der Waals surface area (Å²) in [5.74, 6) is -0.513. The normalized spacial score (nSPS) is 12.8. The number of carbonyl (C=O) groups is 2. The average molecular weight is 643 g/mol. The van der Waals surface area contributed by atoms with Crippen LogP contribution in [0.5, 0.6) is 0 Å². The lowest BCUT2D eigenvalue weighted by Crippen LogP contribution is -2.30. The molecule has 1 atom stereocenters. The van der Waals surface area contributed by atoms with Crippen LogP contribution in [0.25, 0.3) is 0 Å². The highest BCUT2D eigenvalue weighted by molar-refractivity contribution is 5.70. The fourth-order valence-electron chi connectivity index (χ4n) is 4.74. The maximum absolute atomic E-state index is 12.4. The molecule has 1 unspecified atom stereocenters. The third-order valence-corrected chi connectivity index (χ3v) is 7.55. The molecule has 0 aliphatic rings. The van der Waals surface area contributed by atoms with E-state index >= 15 is 0 Å². The second kappa shape index (κ2) is 37.1. The van der Waals surface area contributed by atoms with Gasteiger partial charge >= 0.3 is 11.9 Å². The van der Waals surface area contributed by atoms with Gasteiger partial charge in [0.05, 0.1) is 6.61 Å². The van der Waals surface area contributed by atoms with E-state index in [1.54, 1.807) is 0 Å². The number of hydrogen-bond donors (Lipinski definition) is 0. The van der Waals surface area contributed by atoms with Crippen LogP contribution < -0.4 is 0 Å². The second-order valence-electron chi connectivity index (χ2n) is 12.1. The first-order chi connectivity index (χ1) is 22.6. The standard InChI is InChI=1S/C41H70O5/c1-4-7-10-13-15-17-19-21-22-24-26-29-31-34-40(42)45-38-39(46-41(43)35-32-28-12-9-6-3)37-44-36-33-30-27-25-23-20-18-16-14-11-8-5-2/h7,10,14-17,21-22,26,29,39H,4-6,8-9,11-13,18-20,23-25,27-28,30-38H2,1-3H3/b10-7-,16-14-,17-15-,22-21-,29-26-. The number of hydrogen-bond acceptors (Lipinski definition) is 5. The van der Waals surface area contributed by atoms with Crippen LogP contribution in [-0.2, 0) is 23.8 Å². The number of esters is 2. The third-order valence-electron chi connectivity index (χ3n) is 7.55. The molecule has 0 spiro atoms. The van der Waals surface area contributed by atoms with E-state index in [0.29, 0.717) is 25.9 Å². The Balaban J connectivity index is 4.26. The van der Waals surface area contributed by atoms with Crippen LogP contribution in [0.3, 0.4) is 0 Å². The zero-order chi connectivity index (χ0) is 33.6. The molecule has 0 saturated heterocycles. The molecule has 0 amide bonds. The molecule has 0 aromatic carbocycles. The Morgan fingerprint density at radius 2 is 1.04 bits per heavy atom. The summed E-state index contributed by atoms with van der Waals surface area (Å²) in [4.78, 5) is 24.8. The van der Waals surface area contributed by atoms with Gasteiger partial charge in [-0.15, -0.1) is 0 Å². The van der Waals surface area contributed by atoms with Gasteiger partial charge in [0.2, 0.25) is 0 Å². The first kappa shape index (κ1) is 43.6. The van der Waals surface area contributed by atoms with E-state index < -0.39 is 6.10 Å². The number of unbranched alkanes of at least 4 members (excludes halogenated alkanes) is 12. The van der Waals surface area contributed by atoms with Gasteiger partial charge in [0, 0.05) is 19.4 Å². The summed E-state index contributed by atoms with van der Waals surface area (Å²) in [6.45, 7) is 7.49. The maximum atomic E-state index is 12.4. The molecule has 0 N–H and O–H groups in total. The summed E-state index contributed by atoms with van der Waals surface area (Å²) in [6, 6.07) is 0. The molecule has 0 rings (SSSR count). The summed E-state index contributed by atoms with van der Waals surface area (Å²) in [5.41, 5.74) is 0. The molecule has 0 fully saturated rings. The van der Waals surface area contributed by atoms with Gasteiger partial charge in [0.25, 0.3) is 0 Å². The van der Waals surface area contributed by atoms with E-state index in [1.807, 2.05) is 6.08 Å². The molecule has 5 heteroatoms. The third kappa shape index (κ3) is 34.5. The molecule has 0 aliphatic heterocycles. The lowest BCUT2D eigenvalue weighted by atomic mass is 10.1. The molecule has 46 heavy (non-hydrogen) atoms. The minimum absolute atomic E-state index is 0.0432. The van der Waals surface area contributed by atoms with Crippen molar-refractivity contribution in [3.8, 4) is 0 Å². The van der Waals surface area contributed by atoms with Crippen molar-refractivity contribution >= 4 is 11.9 Å². The Labute approximate surface area is 284 Å². The van der Waals surface area contributed by atoms with E-state index in [0.717, 1.165) is 57.8 Å². The van der Waals surface area contributed by atoms with Gasteiger partial charge in [0.1, 0.15) is 6.61 Å². The molecule has 0 heterocycles. The van der Waals surface area contributed by atoms with Crippen LogP contribution in [0.2, 0.25) is 0 Å². The Bertz CT molecular complexity index is 823. The molecule has 264 valence electrons. The summed E-state index contributed by atoms with van der Waals surface area (Å²) < 4.78 is 17.0. The van der Waals surface area contributed by atoms with Crippen molar-refractivity contribution in [2.45, 2.75) is 168 Å². The summed E-state index contributed by atoms with van der Waals surface area (Å²) in [7, 11) is 0. The van der Waals surface area contributed by atoms with Gasteiger partial charge in [-0.3, -0.25) is 9.59 Å². The monoisotopic (exact) mass is 643 g/mol. The van der Waals surface area contributed by atoms with Crippen LogP contribution >= 0.6 is 0 Å². The highest BCUT2D eigenvalue weighted by Gasteiger charge is 2.17. The molecule has 0 aromatic heterocycles. The van der Waals surface area contributed by atoms with Crippen LogP contribution in [0.1, 0.15) is 162 Å². The molecule has 5 nitrogen and oxygen atoms in total. The Morgan fingerprint density at radius 1 is 0.500 bits per heavy atom. The average Bonchev–Trinajstić information content (AvgIpc) is 3.05. The van der Waals surface area contributed by atoms with Crippen molar-refractivity contribution in [3.05, 3.63) is 60.8 Å². The van der Waals surface area contributed by atoms with Crippen molar-refractivity contribution < 1.29 is 23.8 Å². The van der Waals surface area contributed by atoms with Crippen molar-refractivity contribution in [2.75, 3.05) is 19.8 Å². The second-order valence-corrected chi connectivity index (χ2v) is 12.1. The minimum Gasteiger partial charge on any atom is -0.462 e. The molecule has 0 saturated carbocycles. The Morgan fingerprint density at radius 3 is 1.72 bits per heavy atom. The maximum Gasteiger partial charge on any atom is 0.306 e. The van der Waals surface area contributed by atoms with Gasteiger partial charge < -0.3 is 14.2 Å². The quantitative estimate of drug-likeness (QED) is 0.0405. The first-order valence-corrected chi connectivity index (χ1v) is 18.8. The van der Waals surface area contributed by atoms with Crippen LogP contribution in [-0.4, -0.2) is 37.9 Å². The van der Waals surface area contributed by atoms with Gasteiger partial charge in [-0.25, -0.2) is 0 Å². The predicted molar refractivity (Wildman–Crippen MR) is 196 cm³/mol. The number of ether oxygens (including phenoxy) is 3. The van der Waals surface area contributed by atoms with E-state index in [-0.39, 0.29) is 25.2 Å². The molecular weight excluding hydrogens is 572 g/mol. The summed E-state index contributed by atoms with van der Waals surface area (Å²) in [5, 5.41) is 0. The largest absolute Gasteiger partial charge is 0.462 e. The first-order valence-electron chi connectivity index (χ1n) is 18.8. The highest BCUT2D eigenvalue weighted by atomic mass is 16.6. The van der Waals surface area contributed by atoms with Gasteiger partial charge in [-0.2, -0.15) is 0 Å². The zero-order valence-electron chi connectivity index (χ0n) is 30.1. The number of rotatable bonds is 33. The van der Waals surface area contributed by atoms with Crippen LogP contribution in [0.15, 0.2) is 60.8 Å². The predicted octanol–water partition coefficient (Wildman–Crippen LogP) is 11.9.